The highest BCUT2D eigenvalue weighted by molar-refractivity contribution is 7.90. The van der Waals surface area contributed by atoms with Crippen molar-refractivity contribution in [1.82, 2.24) is 5.32 Å². The lowest BCUT2D eigenvalue weighted by Crippen LogP contribution is -2.32. The van der Waals surface area contributed by atoms with Gasteiger partial charge in [0.25, 0.3) is 5.91 Å². The van der Waals surface area contributed by atoms with E-state index in [0.29, 0.717) is 17.0 Å². The van der Waals surface area contributed by atoms with Crippen molar-refractivity contribution in [3.63, 3.8) is 0 Å². The number of thiophene rings is 1. The van der Waals surface area contributed by atoms with Crippen LogP contribution in [0.3, 0.4) is 0 Å². The molecule has 0 unspecified atom stereocenters. The minimum atomic E-state index is -3.47. The fourth-order valence-electron chi connectivity index (χ4n) is 3.39. The first-order chi connectivity index (χ1) is 14.8. The van der Waals surface area contributed by atoms with E-state index in [-0.39, 0.29) is 30.1 Å². The molecule has 0 spiro atoms. The lowest BCUT2D eigenvalue weighted by Gasteiger charge is -2.09. The summed E-state index contributed by atoms with van der Waals surface area (Å²) in [5.41, 5.74) is 1.74. The first kappa shape index (κ1) is 23.0. The van der Waals surface area contributed by atoms with E-state index in [4.69, 9.17) is 4.74 Å². The largest absolute Gasteiger partial charge is 0.450 e. The monoisotopic (exact) mass is 464 g/mol. The normalized spacial score (nSPS) is 12.8. The quantitative estimate of drug-likeness (QED) is 0.620. The zero-order chi connectivity index (χ0) is 22.4. The van der Waals surface area contributed by atoms with Gasteiger partial charge in [-0.1, -0.05) is 30.3 Å². The van der Waals surface area contributed by atoms with Crippen molar-refractivity contribution in [2.45, 2.75) is 38.4 Å². The molecule has 0 bridgehead atoms. The molecule has 0 fully saturated rings. The van der Waals surface area contributed by atoms with Gasteiger partial charge < -0.3 is 10.1 Å². The number of ether oxygens (including phenoxy) is 1. The molecule has 166 valence electrons. The van der Waals surface area contributed by atoms with Gasteiger partial charge in [0.15, 0.2) is 9.84 Å². The van der Waals surface area contributed by atoms with Crippen molar-refractivity contribution in [3.8, 4) is 0 Å². The molecule has 3 amide bonds. The number of imide groups is 1. The summed E-state index contributed by atoms with van der Waals surface area (Å²) in [6.07, 6.45) is 1.29. The second-order valence-corrected chi connectivity index (χ2v) is 10.4. The molecule has 1 aromatic carbocycles. The Kier molecular flexibility index (Phi) is 7.45. The van der Waals surface area contributed by atoms with Crippen LogP contribution in [0.5, 0.6) is 0 Å². The molecule has 1 aliphatic carbocycles. The number of nitrogens with one attached hydrogen (secondary N) is 2. The first-order valence-corrected chi connectivity index (χ1v) is 12.6. The van der Waals surface area contributed by atoms with Crippen LogP contribution in [0.4, 0.5) is 9.80 Å². The molecule has 2 N–H and O–H groups in total. The number of amides is 3. The molecule has 0 radical (unpaired) electrons. The third-order valence-corrected chi connectivity index (χ3v) is 7.57. The second kappa shape index (κ2) is 10.1. The third kappa shape index (κ3) is 6.14. The zero-order valence-corrected chi connectivity index (χ0v) is 18.7. The molecule has 0 saturated heterocycles. The number of rotatable bonds is 8. The average Bonchev–Trinajstić information content (AvgIpc) is 3.27. The fourth-order valence-corrected chi connectivity index (χ4v) is 6.04. The highest BCUT2D eigenvalue weighted by Gasteiger charge is 2.28. The molecule has 1 aliphatic rings. The Morgan fingerprint density at radius 3 is 2.58 bits per heavy atom. The van der Waals surface area contributed by atoms with Crippen LogP contribution in [-0.2, 0) is 38.0 Å². The zero-order valence-electron chi connectivity index (χ0n) is 17.1. The average molecular weight is 465 g/mol. The first-order valence-electron chi connectivity index (χ1n) is 9.96. The summed E-state index contributed by atoms with van der Waals surface area (Å²) in [5, 5.41) is 5.16. The minimum absolute atomic E-state index is 0.127. The van der Waals surface area contributed by atoms with Gasteiger partial charge in [0, 0.05) is 11.3 Å². The van der Waals surface area contributed by atoms with Crippen molar-refractivity contribution in [1.29, 1.82) is 0 Å². The van der Waals surface area contributed by atoms with E-state index in [0.717, 1.165) is 23.3 Å². The summed E-state index contributed by atoms with van der Waals surface area (Å²) in [5.74, 6) is -1.57. The third-order valence-electron chi connectivity index (χ3n) is 4.76. The predicted molar refractivity (Wildman–Crippen MR) is 118 cm³/mol. The molecule has 8 nitrogen and oxygen atoms in total. The van der Waals surface area contributed by atoms with Gasteiger partial charge in [-0.15, -0.1) is 11.3 Å². The van der Waals surface area contributed by atoms with Crippen LogP contribution in [0.25, 0.3) is 0 Å². The van der Waals surface area contributed by atoms with Crippen LogP contribution in [0, 0.1) is 0 Å². The maximum absolute atomic E-state index is 12.6. The number of benzene rings is 1. The van der Waals surface area contributed by atoms with Gasteiger partial charge in [-0.3, -0.25) is 14.9 Å². The maximum Gasteiger partial charge on any atom is 0.414 e. The molecule has 31 heavy (non-hydrogen) atoms. The Morgan fingerprint density at radius 1 is 1.13 bits per heavy atom. The van der Waals surface area contributed by atoms with Crippen molar-refractivity contribution in [2.75, 3.05) is 17.7 Å². The Morgan fingerprint density at radius 2 is 1.87 bits per heavy atom. The smallest absolute Gasteiger partial charge is 0.414 e. The number of anilines is 1. The van der Waals surface area contributed by atoms with E-state index in [9.17, 15) is 22.8 Å². The summed E-state index contributed by atoms with van der Waals surface area (Å²) < 4.78 is 29.4. The summed E-state index contributed by atoms with van der Waals surface area (Å²) >= 11 is 1.29. The second-order valence-electron chi connectivity index (χ2n) is 7.11. The van der Waals surface area contributed by atoms with Gasteiger partial charge in [0.05, 0.1) is 23.7 Å². The molecule has 10 heteroatoms. The van der Waals surface area contributed by atoms with Crippen LogP contribution in [0.2, 0.25) is 0 Å². The molecule has 2 aromatic rings. The van der Waals surface area contributed by atoms with Crippen LogP contribution in [-0.4, -0.2) is 38.7 Å². The number of aryl methyl sites for hydroxylation is 1. The van der Waals surface area contributed by atoms with Crippen LogP contribution in [0.1, 0.15) is 46.1 Å². The van der Waals surface area contributed by atoms with Crippen molar-refractivity contribution in [3.05, 3.63) is 51.9 Å². The Balaban J connectivity index is 1.66. The van der Waals surface area contributed by atoms with Gasteiger partial charge in [0.1, 0.15) is 5.00 Å². The summed E-state index contributed by atoms with van der Waals surface area (Å²) in [6.45, 7) is 1.76. The fraction of sp³-hybridized carbons (Fsp3) is 0.381. The maximum atomic E-state index is 12.6. The Hall–Kier alpha value is -2.72. The molecule has 3 rings (SSSR count). The number of sulfone groups is 1. The predicted octanol–water partition coefficient (Wildman–Crippen LogP) is 3.07. The van der Waals surface area contributed by atoms with E-state index in [1.54, 1.807) is 37.3 Å². The highest BCUT2D eigenvalue weighted by atomic mass is 32.2. The van der Waals surface area contributed by atoms with Gasteiger partial charge in [-0.05, 0) is 37.3 Å². The molecule has 1 heterocycles. The van der Waals surface area contributed by atoms with Crippen molar-refractivity contribution in [2.24, 2.45) is 0 Å². The van der Waals surface area contributed by atoms with Gasteiger partial charge in [0.2, 0.25) is 5.91 Å². The highest BCUT2D eigenvalue weighted by Crippen LogP contribution is 2.39. The van der Waals surface area contributed by atoms with Gasteiger partial charge >= 0.3 is 6.09 Å². The molecule has 1 aromatic heterocycles. The van der Waals surface area contributed by atoms with E-state index < -0.39 is 27.7 Å². The lowest BCUT2D eigenvalue weighted by molar-refractivity contribution is -0.115. The number of fused-ring (bicyclic) bond motifs is 1. The van der Waals surface area contributed by atoms with Gasteiger partial charge in [-0.2, -0.15) is 0 Å². The lowest BCUT2D eigenvalue weighted by atomic mass is 10.1. The molecular weight excluding hydrogens is 440 g/mol. The van der Waals surface area contributed by atoms with Crippen molar-refractivity contribution >= 4 is 44.1 Å². The van der Waals surface area contributed by atoms with Crippen LogP contribution in [0.15, 0.2) is 30.3 Å². The summed E-state index contributed by atoms with van der Waals surface area (Å²) in [4.78, 5) is 37.7. The number of carbonyl (C=O) groups is 3. The molecule has 0 saturated carbocycles. The SMILES string of the molecule is CCOC(=O)NC(=O)c1c(NC(=O)CCS(=O)(=O)Cc2ccccc2)sc2c1CCC2. The number of hydrogen-bond donors (Lipinski definition) is 2. The van der Waals surface area contributed by atoms with Gasteiger partial charge in [-0.25, -0.2) is 13.2 Å². The van der Waals surface area contributed by atoms with Crippen molar-refractivity contribution < 1.29 is 27.5 Å². The number of hydrogen-bond acceptors (Lipinski definition) is 7. The Bertz CT molecular complexity index is 1080. The van der Waals surface area contributed by atoms with E-state index in [2.05, 4.69) is 10.6 Å². The van der Waals surface area contributed by atoms with E-state index in [1.165, 1.54) is 11.3 Å². The summed E-state index contributed by atoms with van der Waals surface area (Å²) in [7, 11) is -3.47. The minimum Gasteiger partial charge on any atom is -0.450 e. The Labute approximate surface area is 184 Å². The molecular formula is C21H24N2O6S2. The molecule has 0 atom stereocenters. The van der Waals surface area contributed by atoms with Crippen LogP contribution >= 0.6 is 11.3 Å². The van der Waals surface area contributed by atoms with E-state index >= 15 is 0 Å². The molecule has 0 aliphatic heterocycles. The number of alkyl carbamates (subject to hydrolysis) is 1. The number of carbonyl (C=O) groups excluding carboxylic acids is 3. The topological polar surface area (TPSA) is 119 Å². The van der Waals surface area contributed by atoms with Crippen LogP contribution < -0.4 is 10.6 Å². The van der Waals surface area contributed by atoms with E-state index in [1.807, 2.05) is 0 Å². The summed E-state index contributed by atoms with van der Waals surface area (Å²) in [6, 6.07) is 8.77. The standard InChI is InChI=1S/C21H24N2O6S2/c1-2-29-21(26)23-19(25)18-15-9-6-10-16(15)30-20(18)22-17(24)11-12-31(27,28)13-14-7-4-3-5-8-14/h3-5,7-8H,2,6,9-13H2,1H3,(H,22,24)(H,23,25,26).